The molecule has 0 amide bonds. The van der Waals surface area contributed by atoms with Crippen LogP contribution < -0.4 is 5.73 Å². The Morgan fingerprint density at radius 3 is 2.33 bits per heavy atom. The standard InChI is InChI=1S/C14H29NO2S/c1-4-18(16,17)11-5-6-13(15)12-7-9-14(2,3)10-8-12/h12-13H,4-11,15H2,1-3H3. The fourth-order valence-electron chi connectivity index (χ4n) is 2.77. The van der Waals surface area contributed by atoms with Crippen LogP contribution in [-0.4, -0.2) is 26.0 Å². The van der Waals surface area contributed by atoms with Crippen molar-refractivity contribution in [3.8, 4) is 0 Å². The van der Waals surface area contributed by atoms with Crippen LogP contribution in [0.3, 0.4) is 0 Å². The molecule has 0 aromatic heterocycles. The first-order valence-electron chi connectivity index (χ1n) is 7.22. The van der Waals surface area contributed by atoms with E-state index < -0.39 is 9.84 Å². The highest BCUT2D eigenvalue weighted by molar-refractivity contribution is 7.91. The maximum absolute atomic E-state index is 11.4. The molecule has 1 saturated carbocycles. The molecule has 0 radical (unpaired) electrons. The zero-order valence-corrected chi connectivity index (χ0v) is 12.9. The zero-order valence-electron chi connectivity index (χ0n) is 12.1. The molecule has 0 aliphatic heterocycles. The molecular weight excluding hydrogens is 246 g/mol. The average molecular weight is 275 g/mol. The number of sulfone groups is 1. The van der Waals surface area contributed by atoms with E-state index >= 15 is 0 Å². The largest absolute Gasteiger partial charge is 0.327 e. The Kier molecular flexibility index (Phi) is 5.66. The van der Waals surface area contributed by atoms with Gasteiger partial charge in [0.2, 0.25) is 0 Å². The van der Waals surface area contributed by atoms with E-state index in [9.17, 15) is 8.42 Å². The van der Waals surface area contributed by atoms with Crippen molar-refractivity contribution in [1.82, 2.24) is 0 Å². The fourth-order valence-corrected chi connectivity index (χ4v) is 3.66. The molecule has 4 heteroatoms. The molecule has 1 aliphatic rings. The van der Waals surface area contributed by atoms with Crippen molar-refractivity contribution >= 4 is 9.84 Å². The van der Waals surface area contributed by atoms with Crippen LogP contribution in [0.1, 0.15) is 59.3 Å². The van der Waals surface area contributed by atoms with E-state index in [1.807, 2.05) is 0 Å². The first-order valence-corrected chi connectivity index (χ1v) is 9.04. The van der Waals surface area contributed by atoms with Crippen molar-refractivity contribution < 1.29 is 8.42 Å². The Hall–Kier alpha value is -0.0900. The highest BCUT2D eigenvalue weighted by Gasteiger charge is 2.29. The van der Waals surface area contributed by atoms with Crippen molar-refractivity contribution in [3.05, 3.63) is 0 Å². The van der Waals surface area contributed by atoms with Crippen LogP contribution in [0, 0.1) is 11.3 Å². The first kappa shape index (κ1) is 16.0. The van der Waals surface area contributed by atoms with Crippen LogP contribution in [0.4, 0.5) is 0 Å². The molecule has 3 nitrogen and oxygen atoms in total. The van der Waals surface area contributed by atoms with E-state index in [1.54, 1.807) is 6.92 Å². The van der Waals surface area contributed by atoms with Gasteiger partial charge in [0.15, 0.2) is 0 Å². The molecule has 1 unspecified atom stereocenters. The van der Waals surface area contributed by atoms with Gasteiger partial charge in [0, 0.05) is 11.8 Å². The van der Waals surface area contributed by atoms with E-state index in [1.165, 1.54) is 25.7 Å². The lowest BCUT2D eigenvalue weighted by Gasteiger charge is -2.36. The third kappa shape index (κ3) is 5.27. The van der Waals surface area contributed by atoms with Gasteiger partial charge in [-0.15, -0.1) is 0 Å². The lowest BCUT2D eigenvalue weighted by molar-refractivity contribution is 0.170. The summed E-state index contributed by atoms with van der Waals surface area (Å²) in [6.07, 6.45) is 6.47. The molecule has 1 atom stereocenters. The molecule has 0 spiro atoms. The van der Waals surface area contributed by atoms with Gasteiger partial charge in [0.05, 0.1) is 5.75 Å². The minimum Gasteiger partial charge on any atom is -0.327 e. The van der Waals surface area contributed by atoms with E-state index in [0.29, 0.717) is 17.1 Å². The van der Waals surface area contributed by atoms with Crippen molar-refractivity contribution in [2.75, 3.05) is 11.5 Å². The quantitative estimate of drug-likeness (QED) is 0.811. The lowest BCUT2D eigenvalue weighted by atomic mass is 9.71. The van der Waals surface area contributed by atoms with Crippen LogP contribution in [0.2, 0.25) is 0 Å². The minimum absolute atomic E-state index is 0.188. The SMILES string of the molecule is CCS(=O)(=O)CCCC(N)C1CCC(C)(C)CC1. The minimum atomic E-state index is -2.82. The summed E-state index contributed by atoms with van der Waals surface area (Å²) >= 11 is 0. The van der Waals surface area contributed by atoms with Gasteiger partial charge in [0.25, 0.3) is 0 Å². The molecule has 0 aromatic rings. The van der Waals surface area contributed by atoms with Crippen molar-refractivity contribution in [3.63, 3.8) is 0 Å². The van der Waals surface area contributed by atoms with Gasteiger partial charge in [-0.2, -0.15) is 0 Å². The third-order valence-electron chi connectivity index (χ3n) is 4.42. The third-order valence-corrected chi connectivity index (χ3v) is 6.21. The maximum atomic E-state index is 11.4. The van der Waals surface area contributed by atoms with Crippen molar-refractivity contribution in [2.24, 2.45) is 17.1 Å². The summed E-state index contributed by atoms with van der Waals surface area (Å²) in [5, 5.41) is 0. The second-order valence-corrected chi connectivity index (χ2v) is 9.02. The predicted molar refractivity (Wildman–Crippen MR) is 77.3 cm³/mol. The summed E-state index contributed by atoms with van der Waals surface area (Å²) in [6, 6.07) is 0.188. The topological polar surface area (TPSA) is 60.2 Å². The van der Waals surface area contributed by atoms with E-state index in [-0.39, 0.29) is 11.8 Å². The van der Waals surface area contributed by atoms with Crippen LogP contribution >= 0.6 is 0 Å². The molecule has 0 aromatic carbocycles. The lowest BCUT2D eigenvalue weighted by Crippen LogP contribution is -2.35. The molecule has 0 bridgehead atoms. The number of hydrogen-bond acceptors (Lipinski definition) is 3. The van der Waals surface area contributed by atoms with Crippen molar-refractivity contribution in [1.29, 1.82) is 0 Å². The first-order chi connectivity index (χ1) is 8.26. The van der Waals surface area contributed by atoms with Crippen LogP contribution in [0.5, 0.6) is 0 Å². The Labute approximate surface area is 112 Å². The van der Waals surface area contributed by atoms with E-state index in [2.05, 4.69) is 13.8 Å². The van der Waals surface area contributed by atoms with Gasteiger partial charge in [0.1, 0.15) is 9.84 Å². The smallest absolute Gasteiger partial charge is 0.150 e. The zero-order chi connectivity index (χ0) is 13.8. The van der Waals surface area contributed by atoms with Crippen molar-refractivity contribution in [2.45, 2.75) is 65.3 Å². The number of nitrogens with two attached hydrogens (primary N) is 1. The summed E-state index contributed by atoms with van der Waals surface area (Å²) in [6.45, 7) is 6.35. The molecule has 2 N–H and O–H groups in total. The van der Waals surface area contributed by atoms with Crippen LogP contribution in [0.25, 0.3) is 0 Å². The molecule has 1 fully saturated rings. The van der Waals surface area contributed by atoms with Crippen LogP contribution in [0.15, 0.2) is 0 Å². The van der Waals surface area contributed by atoms with E-state index in [4.69, 9.17) is 5.73 Å². The highest BCUT2D eigenvalue weighted by atomic mass is 32.2. The Bertz CT molecular complexity index is 339. The fraction of sp³-hybridized carbons (Fsp3) is 1.00. The van der Waals surface area contributed by atoms with Gasteiger partial charge < -0.3 is 5.73 Å². The monoisotopic (exact) mass is 275 g/mol. The Morgan fingerprint density at radius 1 is 1.28 bits per heavy atom. The highest BCUT2D eigenvalue weighted by Crippen LogP contribution is 2.39. The van der Waals surface area contributed by atoms with Gasteiger partial charge >= 0.3 is 0 Å². The molecule has 1 rings (SSSR count). The van der Waals surface area contributed by atoms with Gasteiger partial charge in [-0.1, -0.05) is 20.8 Å². The predicted octanol–water partition coefficient (Wildman–Crippen LogP) is 2.75. The van der Waals surface area contributed by atoms with Gasteiger partial charge in [-0.25, -0.2) is 8.42 Å². The van der Waals surface area contributed by atoms with Gasteiger partial charge in [-0.05, 0) is 49.9 Å². The Balaban J connectivity index is 2.28. The molecule has 108 valence electrons. The summed E-state index contributed by atoms with van der Waals surface area (Å²) in [5.74, 6) is 1.15. The van der Waals surface area contributed by atoms with Gasteiger partial charge in [-0.3, -0.25) is 0 Å². The van der Waals surface area contributed by atoms with E-state index in [0.717, 1.165) is 12.8 Å². The molecule has 18 heavy (non-hydrogen) atoms. The normalized spacial score (nSPS) is 22.9. The molecule has 0 saturated heterocycles. The number of rotatable bonds is 6. The summed E-state index contributed by atoms with van der Waals surface area (Å²) in [5.41, 5.74) is 6.69. The number of hydrogen-bond donors (Lipinski definition) is 1. The molecular formula is C14H29NO2S. The molecule has 0 heterocycles. The summed E-state index contributed by atoms with van der Waals surface area (Å²) in [4.78, 5) is 0. The Morgan fingerprint density at radius 2 is 1.83 bits per heavy atom. The summed E-state index contributed by atoms with van der Waals surface area (Å²) in [7, 11) is -2.82. The average Bonchev–Trinajstić information content (AvgIpc) is 2.28. The second kappa shape index (κ2) is 6.38. The molecule has 1 aliphatic carbocycles. The van der Waals surface area contributed by atoms with Crippen LogP contribution in [-0.2, 0) is 9.84 Å². The second-order valence-electron chi connectivity index (χ2n) is 6.54. The maximum Gasteiger partial charge on any atom is 0.150 e. The summed E-state index contributed by atoms with van der Waals surface area (Å²) < 4.78 is 22.8.